The van der Waals surface area contributed by atoms with Crippen molar-refractivity contribution in [2.75, 3.05) is 59.2 Å². The summed E-state index contributed by atoms with van der Waals surface area (Å²) in [5.41, 5.74) is 0.773. The van der Waals surface area contributed by atoms with Crippen molar-refractivity contribution in [2.24, 2.45) is 11.3 Å². The number of amides is 1. The Morgan fingerprint density at radius 2 is 2.08 bits per heavy atom. The van der Waals surface area contributed by atoms with E-state index in [9.17, 15) is 4.79 Å². The summed E-state index contributed by atoms with van der Waals surface area (Å²) in [6.45, 7) is 11.4. The number of morpholine rings is 1. The summed E-state index contributed by atoms with van der Waals surface area (Å²) in [6, 6.07) is 1.86. The summed E-state index contributed by atoms with van der Waals surface area (Å²) in [4.78, 5) is 17.4. The first-order valence-corrected chi connectivity index (χ1v) is 8.82. The quantitative estimate of drug-likeness (QED) is 0.834. The van der Waals surface area contributed by atoms with E-state index in [1.54, 1.807) is 0 Å². The molecule has 0 bridgehead atoms. The topological polar surface area (TPSA) is 55.2 Å². The van der Waals surface area contributed by atoms with Gasteiger partial charge >= 0.3 is 0 Å². The first-order valence-electron chi connectivity index (χ1n) is 8.82. The highest BCUT2D eigenvalue weighted by molar-refractivity contribution is 5.95. The molecule has 24 heavy (non-hydrogen) atoms. The van der Waals surface area contributed by atoms with E-state index in [1.807, 2.05) is 24.8 Å². The van der Waals surface area contributed by atoms with Gasteiger partial charge in [0.15, 0.2) is 0 Å². The van der Waals surface area contributed by atoms with Crippen molar-refractivity contribution in [3.63, 3.8) is 0 Å². The van der Waals surface area contributed by atoms with Crippen molar-refractivity contribution in [1.29, 1.82) is 0 Å². The molecule has 0 radical (unpaired) electrons. The van der Waals surface area contributed by atoms with Gasteiger partial charge in [-0.25, -0.2) is 0 Å². The normalized spacial score (nSPS) is 30.8. The third-order valence-electron chi connectivity index (χ3n) is 5.72. The lowest BCUT2D eigenvalue weighted by Gasteiger charge is -2.36. The average molecular weight is 334 g/mol. The summed E-state index contributed by atoms with van der Waals surface area (Å²) < 4.78 is 16.8. The van der Waals surface area contributed by atoms with Gasteiger partial charge < -0.3 is 18.8 Å². The molecule has 1 amide bonds. The van der Waals surface area contributed by atoms with Gasteiger partial charge in [-0.2, -0.15) is 0 Å². The van der Waals surface area contributed by atoms with E-state index in [0.717, 1.165) is 64.9 Å². The first-order chi connectivity index (χ1) is 11.6. The van der Waals surface area contributed by atoms with E-state index in [4.69, 9.17) is 13.9 Å². The predicted octanol–water partition coefficient (Wildman–Crippen LogP) is 1.32. The molecule has 3 saturated heterocycles. The molecule has 6 heteroatoms. The molecule has 3 fully saturated rings. The Hall–Kier alpha value is -1.37. The van der Waals surface area contributed by atoms with Gasteiger partial charge in [0, 0.05) is 44.1 Å². The van der Waals surface area contributed by atoms with Crippen LogP contribution >= 0.6 is 0 Å². The highest BCUT2D eigenvalue weighted by atomic mass is 16.5. The number of aryl methyl sites for hydroxylation is 2. The summed E-state index contributed by atoms with van der Waals surface area (Å²) >= 11 is 0. The molecule has 0 saturated carbocycles. The largest absolute Gasteiger partial charge is 0.466 e. The minimum Gasteiger partial charge on any atom is -0.466 e. The molecule has 0 spiro atoms. The standard InChI is InChI=1S/C18H26N2O4/c1-13-7-16(14(2)24-13)17(21)20-8-15-9-23-12-18(15,11-20)10-19-3-5-22-6-4-19/h7,15H,3-6,8-12H2,1-2H3/t15-,18+/m1/s1. The van der Waals surface area contributed by atoms with Crippen molar-refractivity contribution in [1.82, 2.24) is 9.80 Å². The fourth-order valence-corrected chi connectivity index (χ4v) is 4.43. The van der Waals surface area contributed by atoms with Gasteiger partial charge in [-0.1, -0.05) is 0 Å². The molecule has 0 N–H and O–H groups in total. The zero-order chi connectivity index (χ0) is 16.7. The molecule has 0 aliphatic carbocycles. The number of fused-ring (bicyclic) bond motifs is 1. The van der Waals surface area contributed by atoms with E-state index in [1.165, 1.54) is 0 Å². The van der Waals surface area contributed by atoms with E-state index in [0.29, 0.717) is 17.2 Å². The van der Waals surface area contributed by atoms with E-state index < -0.39 is 0 Å². The van der Waals surface area contributed by atoms with Crippen LogP contribution in [0.25, 0.3) is 0 Å². The summed E-state index contributed by atoms with van der Waals surface area (Å²) in [6.07, 6.45) is 0. The second-order valence-electron chi connectivity index (χ2n) is 7.48. The molecule has 4 heterocycles. The van der Waals surface area contributed by atoms with E-state index in [2.05, 4.69) is 4.90 Å². The van der Waals surface area contributed by atoms with Gasteiger partial charge in [-0.15, -0.1) is 0 Å². The lowest BCUT2D eigenvalue weighted by atomic mass is 9.80. The van der Waals surface area contributed by atoms with Gasteiger partial charge in [0.2, 0.25) is 0 Å². The second kappa shape index (κ2) is 6.17. The van der Waals surface area contributed by atoms with Crippen LogP contribution in [-0.2, 0) is 9.47 Å². The maximum Gasteiger partial charge on any atom is 0.257 e. The minimum atomic E-state index is 0.0691. The lowest BCUT2D eigenvalue weighted by molar-refractivity contribution is 0.0104. The maximum atomic E-state index is 12.9. The second-order valence-corrected chi connectivity index (χ2v) is 7.48. The lowest BCUT2D eigenvalue weighted by Crippen LogP contribution is -2.47. The summed E-state index contributed by atoms with van der Waals surface area (Å²) in [5.74, 6) is 2.03. The highest BCUT2D eigenvalue weighted by Gasteiger charge is 2.52. The van der Waals surface area contributed by atoms with Crippen LogP contribution in [0, 0.1) is 25.2 Å². The van der Waals surface area contributed by atoms with Crippen LogP contribution in [0.4, 0.5) is 0 Å². The number of carbonyl (C=O) groups is 1. The van der Waals surface area contributed by atoms with Crippen LogP contribution in [0.2, 0.25) is 0 Å². The highest BCUT2D eigenvalue weighted by Crippen LogP contribution is 2.42. The molecule has 4 rings (SSSR count). The Bertz CT molecular complexity index is 623. The fourth-order valence-electron chi connectivity index (χ4n) is 4.43. The first kappa shape index (κ1) is 16.1. The Labute approximate surface area is 142 Å². The molecule has 1 aromatic rings. The summed E-state index contributed by atoms with van der Waals surface area (Å²) in [5, 5.41) is 0. The molecule has 0 aromatic carbocycles. The molecular weight excluding hydrogens is 308 g/mol. The third-order valence-corrected chi connectivity index (χ3v) is 5.72. The Morgan fingerprint density at radius 1 is 1.29 bits per heavy atom. The van der Waals surface area contributed by atoms with Crippen LogP contribution in [-0.4, -0.2) is 74.9 Å². The monoisotopic (exact) mass is 334 g/mol. The number of furan rings is 1. The number of hydrogen-bond donors (Lipinski definition) is 0. The van der Waals surface area contributed by atoms with E-state index >= 15 is 0 Å². The van der Waals surface area contributed by atoms with E-state index in [-0.39, 0.29) is 11.3 Å². The number of ether oxygens (including phenoxy) is 2. The third kappa shape index (κ3) is 2.76. The van der Waals surface area contributed by atoms with Crippen molar-refractivity contribution >= 4 is 5.91 Å². The average Bonchev–Trinajstić information content (AvgIpc) is 3.19. The number of hydrogen-bond acceptors (Lipinski definition) is 5. The van der Waals surface area contributed by atoms with Crippen LogP contribution in [0.5, 0.6) is 0 Å². The minimum absolute atomic E-state index is 0.0691. The molecule has 3 aliphatic rings. The van der Waals surface area contributed by atoms with Crippen molar-refractivity contribution < 1.29 is 18.7 Å². The number of carbonyl (C=O) groups excluding carboxylic acids is 1. The van der Waals surface area contributed by atoms with Crippen LogP contribution in [0.3, 0.4) is 0 Å². The zero-order valence-electron chi connectivity index (χ0n) is 14.5. The van der Waals surface area contributed by atoms with Crippen molar-refractivity contribution in [3.8, 4) is 0 Å². The predicted molar refractivity (Wildman–Crippen MR) is 88.1 cm³/mol. The van der Waals surface area contributed by atoms with Crippen LogP contribution in [0.1, 0.15) is 21.9 Å². The molecule has 3 aliphatic heterocycles. The summed E-state index contributed by atoms with van der Waals surface area (Å²) in [7, 11) is 0. The van der Waals surface area contributed by atoms with Gasteiger partial charge in [0.1, 0.15) is 11.5 Å². The number of nitrogens with zero attached hydrogens (tertiary/aromatic N) is 2. The van der Waals surface area contributed by atoms with Gasteiger partial charge in [0.25, 0.3) is 5.91 Å². The molecule has 6 nitrogen and oxygen atoms in total. The number of rotatable bonds is 3. The maximum absolute atomic E-state index is 12.9. The zero-order valence-corrected chi connectivity index (χ0v) is 14.5. The Balaban J connectivity index is 1.50. The SMILES string of the molecule is Cc1cc(C(=O)N2C[C@@H]3COC[C@]3(CN3CCOCC3)C2)c(C)o1. The molecule has 1 aromatic heterocycles. The molecule has 132 valence electrons. The van der Waals surface area contributed by atoms with Gasteiger partial charge in [-0.3, -0.25) is 9.69 Å². The van der Waals surface area contributed by atoms with Crippen molar-refractivity contribution in [3.05, 3.63) is 23.2 Å². The van der Waals surface area contributed by atoms with Crippen LogP contribution < -0.4 is 0 Å². The molecule has 0 unspecified atom stereocenters. The van der Waals surface area contributed by atoms with Gasteiger partial charge in [0.05, 0.1) is 32.0 Å². The Kier molecular flexibility index (Phi) is 4.14. The van der Waals surface area contributed by atoms with Gasteiger partial charge in [-0.05, 0) is 19.9 Å². The van der Waals surface area contributed by atoms with Crippen molar-refractivity contribution in [2.45, 2.75) is 13.8 Å². The molecule has 2 atom stereocenters. The fraction of sp³-hybridized carbons (Fsp3) is 0.722. The Morgan fingerprint density at radius 3 is 2.79 bits per heavy atom. The number of likely N-dealkylation sites (tertiary alicyclic amines) is 1. The smallest absolute Gasteiger partial charge is 0.257 e. The molecular formula is C18H26N2O4. The van der Waals surface area contributed by atoms with Crippen LogP contribution in [0.15, 0.2) is 10.5 Å².